The molecule has 2 heteroatoms. The third-order valence-electron chi connectivity index (χ3n) is 3.93. The first-order valence-corrected chi connectivity index (χ1v) is 6.92. The molecule has 0 bridgehead atoms. The summed E-state index contributed by atoms with van der Waals surface area (Å²) in [5.74, 6) is 1.50. The number of fused-ring (bicyclic) bond motifs is 1. The SMILES string of the molecule is CC(C)(C)c1cccc([C]2CCc3nocc3C2)c1. The quantitative estimate of drug-likeness (QED) is 0.766. The van der Waals surface area contributed by atoms with E-state index in [0.29, 0.717) is 0 Å². The minimum absolute atomic E-state index is 0.202. The van der Waals surface area contributed by atoms with Gasteiger partial charge in [0.15, 0.2) is 0 Å². The molecule has 0 atom stereocenters. The van der Waals surface area contributed by atoms with E-state index in [-0.39, 0.29) is 5.41 Å². The van der Waals surface area contributed by atoms with Crippen molar-refractivity contribution in [2.75, 3.05) is 0 Å². The van der Waals surface area contributed by atoms with Gasteiger partial charge in [0.25, 0.3) is 0 Å². The smallest absolute Gasteiger partial charge is 0.127 e. The molecule has 1 aromatic carbocycles. The van der Waals surface area contributed by atoms with Crippen molar-refractivity contribution >= 4 is 0 Å². The molecule has 0 N–H and O–H groups in total. The summed E-state index contributed by atoms with van der Waals surface area (Å²) in [6.07, 6.45) is 4.86. The van der Waals surface area contributed by atoms with E-state index >= 15 is 0 Å². The summed E-state index contributed by atoms with van der Waals surface area (Å²) in [7, 11) is 0. The first kappa shape index (κ1) is 12.5. The second-order valence-corrected chi connectivity index (χ2v) is 6.40. The van der Waals surface area contributed by atoms with Gasteiger partial charge in [0.05, 0.1) is 5.69 Å². The summed E-state index contributed by atoms with van der Waals surface area (Å²) in [5.41, 5.74) is 5.36. The van der Waals surface area contributed by atoms with Crippen LogP contribution in [0.25, 0.3) is 0 Å². The first-order valence-electron chi connectivity index (χ1n) is 6.92. The Labute approximate surface area is 114 Å². The lowest BCUT2D eigenvalue weighted by Crippen LogP contribution is -2.15. The van der Waals surface area contributed by atoms with Gasteiger partial charge >= 0.3 is 0 Å². The number of rotatable bonds is 1. The molecule has 1 radical (unpaired) electrons. The Balaban J connectivity index is 1.88. The molecule has 0 aliphatic heterocycles. The lowest BCUT2D eigenvalue weighted by atomic mass is 9.80. The van der Waals surface area contributed by atoms with Crippen molar-refractivity contribution in [3.63, 3.8) is 0 Å². The molecule has 0 fully saturated rings. The summed E-state index contributed by atoms with van der Waals surface area (Å²) in [6.45, 7) is 6.78. The number of aromatic nitrogens is 1. The Morgan fingerprint density at radius 1 is 1.16 bits per heavy atom. The van der Waals surface area contributed by atoms with Gasteiger partial charge in [-0.15, -0.1) is 0 Å². The molecule has 0 saturated carbocycles. The average Bonchev–Trinajstić information content (AvgIpc) is 2.85. The molecule has 1 heterocycles. The van der Waals surface area contributed by atoms with Crippen LogP contribution in [0.1, 0.15) is 49.6 Å². The summed E-state index contributed by atoms with van der Waals surface area (Å²) in [6, 6.07) is 8.96. The zero-order valence-electron chi connectivity index (χ0n) is 11.9. The summed E-state index contributed by atoms with van der Waals surface area (Å²) in [5, 5.41) is 4.05. The predicted octanol–water partition coefficient (Wildman–Crippen LogP) is 4.08. The van der Waals surface area contributed by atoms with Crippen LogP contribution < -0.4 is 0 Å². The van der Waals surface area contributed by atoms with Gasteiger partial charge < -0.3 is 4.52 Å². The van der Waals surface area contributed by atoms with Crippen LogP contribution in [0.3, 0.4) is 0 Å². The number of aryl methyl sites for hydroxylation is 1. The Bertz CT molecular complexity index is 577. The van der Waals surface area contributed by atoms with Crippen molar-refractivity contribution in [2.45, 2.75) is 45.4 Å². The minimum Gasteiger partial charge on any atom is -0.364 e. The molecule has 2 nitrogen and oxygen atoms in total. The van der Waals surface area contributed by atoms with Gasteiger partial charge in [0.2, 0.25) is 0 Å². The van der Waals surface area contributed by atoms with E-state index in [2.05, 4.69) is 50.2 Å². The normalized spacial score (nSPS) is 16.4. The third kappa shape index (κ3) is 2.44. The molecule has 0 unspecified atom stereocenters. The number of hydrogen-bond donors (Lipinski definition) is 0. The monoisotopic (exact) mass is 254 g/mol. The topological polar surface area (TPSA) is 26.0 Å². The van der Waals surface area contributed by atoms with E-state index in [0.717, 1.165) is 25.0 Å². The van der Waals surface area contributed by atoms with Crippen molar-refractivity contribution in [2.24, 2.45) is 0 Å². The van der Waals surface area contributed by atoms with Crippen LogP contribution in [0.2, 0.25) is 0 Å². The molecule has 99 valence electrons. The number of nitrogens with zero attached hydrogens (tertiary/aromatic N) is 1. The van der Waals surface area contributed by atoms with E-state index in [1.807, 2.05) is 0 Å². The van der Waals surface area contributed by atoms with Crippen molar-refractivity contribution in [1.29, 1.82) is 0 Å². The van der Waals surface area contributed by atoms with Gasteiger partial charge in [0.1, 0.15) is 6.26 Å². The van der Waals surface area contributed by atoms with E-state index < -0.39 is 0 Å². The summed E-state index contributed by atoms with van der Waals surface area (Å²) >= 11 is 0. The average molecular weight is 254 g/mol. The molecule has 1 aromatic heterocycles. The highest BCUT2D eigenvalue weighted by molar-refractivity contribution is 5.41. The fourth-order valence-electron chi connectivity index (χ4n) is 2.67. The second-order valence-electron chi connectivity index (χ2n) is 6.40. The highest BCUT2D eigenvalue weighted by Gasteiger charge is 2.24. The maximum Gasteiger partial charge on any atom is 0.127 e. The fourth-order valence-corrected chi connectivity index (χ4v) is 2.67. The number of hydrogen-bond acceptors (Lipinski definition) is 2. The summed E-state index contributed by atoms with van der Waals surface area (Å²) < 4.78 is 5.07. The van der Waals surface area contributed by atoms with E-state index in [4.69, 9.17) is 4.52 Å². The van der Waals surface area contributed by atoms with Crippen LogP contribution in [0, 0.1) is 5.92 Å². The zero-order chi connectivity index (χ0) is 13.5. The molecule has 1 aliphatic rings. The molecule has 2 aromatic rings. The lowest BCUT2D eigenvalue weighted by Gasteiger charge is -2.24. The van der Waals surface area contributed by atoms with Crippen LogP contribution in [0.15, 0.2) is 35.1 Å². The van der Waals surface area contributed by atoms with Gasteiger partial charge in [-0.3, -0.25) is 0 Å². The standard InChI is InChI=1S/C17H20NO/c1-17(2,3)15-6-4-5-12(10-15)13-7-8-16-14(9-13)11-19-18-16/h4-6,10-11H,7-9H2,1-3H3. The third-order valence-corrected chi connectivity index (χ3v) is 3.93. The van der Waals surface area contributed by atoms with Crippen LogP contribution in [0.5, 0.6) is 0 Å². The predicted molar refractivity (Wildman–Crippen MR) is 76.0 cm³/mol. The minimum atomic E-state index is 0.202. The van der Waals surface area contributed by atoms with Gasteiger partial charge in [-0.1, -0.05) is 50.2 Å². The van der Waals surface area contributed by atoms with Crippen LogP contribution in [-0.2, 0) is 18.3 Å². The van der Waals surface area contributed by atoms with E-state index in [1.54, 1.807) is 6.26 Å². The number of benzene rings is 1. The highest BCUT2D eigenvalue weighted by atomic mass is 16.5. The Morgan fingerprint density at radius 3 is 2.79 bits per heavy atom. The van der Waals surface area contributed by atoms with Crippen molar-refractivity contribution < 1.29 is 4.52 Å². The van der Waals surface area contributed by atoms with E-state index in [9.17, 15) is 0 Å². The Morgan fingerprint density at radius 2 is 2.00 bits per heavy atom. The molecule has 0 spiro atoms. The van der Waals surface area contributed by atoms with Crippen molar-refractivity contribution in [3.05, 3.63) is 58.8 Å². The maximum absolute atomic E-state index is 5.07. The van der Waals surface area contributed by atoms with Gasteiger partial charge in [-0.25, -0.2) is 0 Å². The molecule has 1 aliphatic carbocycles. The maximum atomic E-state index is 5.07. The Hall–Kier alpha value is -1.57. The van der Waals surface area contributed by atoms with Gasteiger partial charge in [-0.05, 0) is 35.8 Å². The largest absolute Gasteiger partial charge is 0.364 e. The first-order chi connectivity index (χ1) is 9.04. The van der Waals surface area contributed by atoms with Crippen LogP contribution >= 0.6 is 0 Å². The van der Waals surface area contributed by atoms with Gasteiger partial charge in [0, 0.05) is 11.5 Å². The van der Waals surface area contributed by atoms with E-state index in [1.165, 1.54) is 22.6 Å². The van der Waals surface area contributed by atoms with Crippen LogP contribution in [-0.4, -0.2) is 5.16 Å². The molecule has 3 rings (SSSR count). The zero-order valence-corrected chi connectivity index (χ0v) is 11.9. The Kier molecular flexibility index (Phi) is 2.96. The van der Waals surface area contributed by atoms with Crippen molar-refractivity contribution in [1.82, 2.24) is 5.16 Å². The molecular formula is C17H20NO. The molecule has 0 amide bonds. The lowest BCUT2D eigenvalue weighted by molar-refractivity contribution is 0.411. The molecular weight excluding hydrogens is 234 g/mol. The summed E-state index contributed by atoms with van der Waals surface area (Å²) in [4.78, 5) is 0. The molecule has 19 heavy (non-hydrogen) atoms. The van der Waals surface area contributed by atoms with Gasteiger partial charge in [-0.2, -0.15) is 0 Å². The van der Waals surface area contributed by atoms with Crippen LogP contribution in [0.4, 0.5) is 0 Å². The molecule has 0 saturated heterocycles. The highest BCUT2D eigenvalue weighted by Crippen LogP contribution is 2.33. The van der Waals surface area contributed by atoms with Crippen molar-refractivity contribution in [3.8, 4) is 0 Å². The second kappa shape index (κ2) is 4.52. The fraction of sp³-hybridized carbons (Fsp3) is 0.412.